The van der Waals surface area contributed by atoms with E-state index in [1.807, 2.05) is 20.8 Å². The van der Waals surface area contributed by atoms with Crippen LogP contribution >= 0.6 is 11.5 Å². The molecule has 14 heavy (non-hydrogen) atoms. The van der Waals surface area contributed by atoms with Crippen LogP contribution in [0.25, 0.3) is 0 Å². The van der Waals surface area contributed by atoms with E-state index >= 15 is 0 Å². The van der Waals surface area contributed by atoms with Gasteiger partial charge in [0.2, 0.25) is 5.13 Å². The molecule has 0 amide bonds. The molecule has 4 nitrogen and oxygen atoms in total. The first kappa shape index (κ1) is 11.4. The molecule has 0 aliphatic rings. The molecule has 0 aliphatic heterocycles. The molecule has 0 saturated heterocycles. The Kier molecular flexibility index (Phi) is 3.83. The summed E-state index contributed by atoms with van der Waals surface area (Å²) >= 11 is 1.33. The number of hydrogen-bond acceptors (Lipinski definition) is 5. The van der Waals surface area contributed by atoms with Crippen molar-refractivity contribution in [2.45, 2.75) is 39.2 Å². The molecule has 0 radical (unpaired) electrons. The maximum absolute atomic E-state index is 9.99. The van der Waals surface area contributed by atoms with Crippen molar-refractivity contribution in [2.24, 2.45) is 0 Å². The molecule has 1 heterocycles. The lowest BCUT2D eigenvalue weighted by Crippen LogP contribution is -2.35. The molecule has 0 unspecified atom stereocenters. The second-order valence-electron chi connectivity index (χ2n) is 3.43. The zero-order chi connectivity index (χ0) is 10.6. The van der Waals surface area contributed by atoms with Gasteiger partial charge < -0.3 is 10.4 Å². The highest BCUT2D eigenvalue weighted by Gasteiger charge is 2.21. The van der Waals surface area contributed by atoms with Crippen LogP contribution in [0.1, 0.15) is 32.5 Å². The van der Waals surface area contributed by atoms with Gasteiger partial charge in [-0.05, 0) is 19.8 Å². The lowest BCUT2D eigenvalue weighted by atomic mass is 9.98. The van der Waals surface area contributed by atoms with Crippen molar-refractivity contribution < 1.29 is 5.11 Å². The van der Waals surface area contributed by atoms with Crippen LogP contribution in [0.3, 0.4) is 0 Å². The zero-order valence-corrected chi connectivity index (χ0v) is 9.69. The van der Waals surface area contributed by atoms with Gasteiger partial charge >= 0.3 is 0 Å². The van der Waals surface area contributed by atoms with Crippen molar-refractivity contribution in [1.82, 2.24) is 9.36 Å². The highest BCUT2D eigenvalue weighted by atomic mass is 32.1. The average Bonchev–Trinajstić information content (AvgIpc) is 2.61. The predicted molar refractivity (Wildman–Crippen MR) is 58.7 cm³/mol. The molecule has 1 rings (SSSR count). The third kappa shape index (κ3) is 2.92. The number of anilines is 1. The Labute approximate surface area is 88.6 Å². The smallest absolute Gasteiger partial charge is 0.202 e. The topological polar surface area (TPSA) is 58.0 Å². The molecular weight excluding hydrogens is 198 g/mol. The average molecular weight is 215 g/mol. The summed E-state index contributed by atoms with van der Waals surface area (Å²) in [5.41, 5.74) is -0.625. The molecule has 0 aliphatic carbocycles. The molecule has 80 valence electrons. The number of rotatable bonds is 5. The van der Waals surface area contributed by atoms with Gasteiger partial charge in [0.25, 0.3) is 0 Å². The number of nitrogens with zero attached hydrogens (tertiary/aromatic N) is 2. The molecular formula is C9H17N3OS. The Bertz CT molecular complexity index is 283. The Hall–Kier alpha value is -0.680. The number of aryl methyl sites for hydroxylation is 1. The molecule has 1 aromatic rings. The summed E-state index contributed by atoms with van der Waals surface area (Å²) in [6, 6.07) is 0. The molecule has 0 saturated carbocycles. The van der Waals surface area contributed by atoms with Gasteiger partial charge in [-0.3, -0.25) is 0 Å². The summed E-state index contributed by atoms with van der Waals surface area (Å²) in [6.07, 6.45) is 1.49. The van der Waals surface area contributed by atoms with Gasteiger partial charge in [0, 0.05) is 18.1 Å². The van der Waals surface area contributed by atoms with E-state index in [1.54, 1.807) is 0 Å². The fraction of sp³-hybridized carbons (Fsp3) is 0.778. The standard InChI is InChI=1S/C9H17N3OS/c1-4-9(13,5-2)6-10-8-11-7(3)12-14-8/h13H,4-6H2,1-3H3,(H,10,11,12). The molecule has 1 aromatic heterocycles. The van der Waals surface area contributed by atoms with E-state index in [9.17, 15) is 5.11 Å². The Morgan fingerprint density at radius 3 is 2.50 bits per heavy atom. The second-order valence-corrected chi connectivity index (χ2v) is 4.18. The van der Waals surface area contributed by atoms with Gasteiger partial charge in [-0.15, -0.1) is 0 Å². The number of aromatic nitrogens is 2. The van der Waals surface area contributed by atoms with E-state index in [1.165, 1.54) is 11.5 Å². The van der Waals surface area contributed by atoms with Crippen LogP contribution in [0.15, 0.2) is 0 Å². The van der Waals surface area contributed by atoms with Crippen molar-refractivity contribution in [3.05, 3.63) is 5.82 Å². The molecule has 0 fully saturated rings. The van der Waals surface area contributed by atoms with Gasteiger partial charge in [-0.2, -0.15) is 4.37 Å². The highest BCUT2D eigenvalue weighted by Crippen LogP contribution is 2.17. The zero-order valence-electron chi connectivity index (χ0n) is 8.87. The largest absolute Gasteiger partial charge is 0.388 e. The van der Waals surface area contributed by atoms with E-state index in [-0.39, 0.29) is 0 Å². The van der Waals surface area contributed by atoms with Crippen molar-refractivity contribution in [2.75, 3.05) is 11.9 Å². The first-order chi connectivity index (χ1) is 6.59. The summed E-state index contributed by atoms with van der Waals surface area (Å²) in [6.45, 7) is 6.36. The fourth-order valence-electron chi connectivity index (χ4n) is 1.11. The van der Waals surface area contributed by atoms with Crippen LogP contribution in [0.4, 0.5) is 5.13 Å². The van der Waals surface area contributed by atoms with Crippen LogP contribution in [-0.2, 0) is 0 Å². The fourth-order valence-corrected chi connectivity index (χ4v) is 1.68. The van der Waals surface area contributed by atoms with Crippen LogP contribution in [0, 0.1) is 6.92 Å². The molecule has 0 bridgehead atoms. The lowest BCUT2D eigenvalue weighted by molar-refractivity contribution is 0.0457. The summed E-state index contributed by atoms with van der Waals surface area (Å²) in [7, 11) is 0. The van der Waals surface area contributed by atoms with E-state index < -0.39 is 5.60 Å². The van der Waals surface area contributed by atoms with Crippen LogP contribution in [-0.4, -0.2) is 26.6 Å². The van der Waals surface area contributed by atoms with Gasteiger partial charge in [0.1, 0.15) is 5.82 Å². The summed E-state index contributed by atoms with van der Waals surface area (Å²) < 4.78 is 4.06. The van der Waals surface area contributed by atoms with Crippen molar-refractivity contribution >= 4 is 16.7 Å². The second kappa shape index (κ2) is 4.70. The van der Waals surface area contributed by atoms with Crippen LogP contribution < -0.4 is 5.32 Å². The molecule has 0 spiro atoms. The minimum Gasteiger partial charge on any atom is -0.388 e. The van der Waals surface area contributed by atoms with Crippen molar-refractivity contribution in [3.8, 4) is 0 Å². The summed E-state index contributed by atoms with van der Waals surface area (Å²) in [5.74, 6) is 0.772. The number of aliphatic hydroxyl groups is 1. The minimum atomic E-state index is -0.625. The normalized spacial score (nSPS) is 11.7. The van der Waals surface area contributed by atoms with E-state index in [0.29, 0.717) is 6.54 Å². The lowest BCUT2D eigenvalue weighted by Gasteiger charge is -2.24. The monoisotopic (exact) mass is 215 g/mol. The van der Waals surface area contributed by atoms with E-state index in [2.05, 4.69) is 14.7 Å². The predicted octanol–water partition coefficient (Wildman–Crippen LogP) is 1.81. The maximum Gasteiger partial charge on any atom is 0.202 e. The Morgan fingerprint density at radius 2 is 2.07 bits per heavy atom. The van der Waals surface area contributed by atoms with Crippen LogP contribution in [0.2, 0.25) is 0 Å². The number of hydrogen-bond donors (Lipinski definition) is 2. The minimum absolute atomic E-state index is 0.536. The SMILES string of the molecule is CCC(O)(CC)CNc1nc(C)ns1. The molecule has 0 aromatic carbocycles. The summed E-state index contributed by atoms with van der Waals surface area (Å²) in [4.78, 5) is 4.17. The van der Waals surface area contributed by atoms with Crippen molar-refractivity contribution in [1.29, 1.82) is 0 Å². The van der Waals surface area contributed by atoms with E-state index in [4.69, 9.17) is 0 Å². The van der Waals surface area contributed by atoms with Gasteiger partial charge in [-0.1, -0.05) is 13.8 Å². The van der Waals surface area contributed by atoms with Gasteiger partial charge in [-0.25, -0.2) is 4.98 Å². The molecule has 5 heteroatoms. The summed E-state index contributed by atoms with van der Waals surface area (Å²) in [5, 5.41) is 13.9. The Balaban J connectivity index is 2.47. The first-order valence-corrected chi connectivity index (χ1v) is 5.63. The molecule has 2 N–H and O–H groups in total. The first-order valence-electron chi connectivity index (χ1n) is 4.86. The third-order valence-corrected chi connectivity index (χ3v) is 3.18. The maximum atomic E-state index is 9.99. The van der Waals surface area contributed by atoms with Gasteiger partial charge in [0.05, 0.1) is 5.60 Å². The van der Waals surface area contributed by atoms with E-state index in [0.717, 1.165) is 23.8 Å². The highest BCUT2D eigenvalue weighted by molar-refractivity contribution is 7.09. The van der Waals surface area contributed by atoms with Crippen molar-refractivity contribution in [3.63, 3.8) is 0 Å². The number of nitrogens with one attached hydrogen (secondary N) is 1. The Morgan fingerprint density at radius 1 is 1.43 bits per heavy atom. The van der Waals surface area contributed by atoms with Gasteiger partial charge in [0.15, 0.2) is 0 Å². The quantitative estimate of drug-likeness (QED) is 0.786. The van der Waals surface area contributed by atoms with Crippen LogP contribution in [0.5, 0.6) is 0 Å². The third-order valence-electron chi connectivity index (χ3n) is 2.41. The molecule has 0 atom stereocenters.